The van der Waals surface area contributed by atoms with E-state index in [4.69, 9.17) is 4.52 Å². The maximum absolute atomic E-state index is 13.3. The number of β-amino-alcohol motifs (C(OH)–C–C–N with tert-alkyl or cyclic N) is 1. The Bertz CT molecular complexity index is 1100. The number of carbonyl (C=O) groups excluding carboxylic acids is 2. The lowest BCUT2D eigenvalue weighted by Crippen LogP contribution is -2.47. The van der Waals surface area contributed by atoms with Crippen LogP contribution >= 0.6 is 11.3 Å². The molecule has 174 valence electrons. The fourth-order valence-electron chi connectivity index (χ4n) is 4.24. The van der Waals surface area contributed by atoms with Gasteiger partial charge in [-0.1, -0.05) is 36.3 Å². The molecule has 1 aliphatic heterocycles. The Morgan fingerprint density at radius 1 is 1.33 bits per heavy atom. The van der Waals surface area contributed by atoms with E-state index in [1.54, 1.807) is 29.8 Å². The molecular weight excluding hydrogens is 440 g/mol. The Hall–Kier alpha value is -3.04. The molecule has 4 rings (SSSR count). The zero-order valence-electron chi connectivity index (χ0n) is 18.9. The van der Waals surface area contributed by atoms with Crippen molar-refractivity contribution in [3.8, 4) is 10.4 Å². The number of hydrogen-bond acceptors (Lipinski definition) is 7. The molecule has 4 atom stereocenters. The highest BCUT2D eigenvalue weighted by Crippen LogP contribution is 2.29. The average Bonchev–Trinajstić information content (AvgIpc) is 3.56. The number of nitrogens with zero attached hydrogens (tertiary/aromatic N) is 3. The fourth-order valence-corrected chi connectivity index (χ4v) is 4.87. The summed E-state index contributed by atoms with van der Waals surface area (Å²) in [5.41, 5.74) is 4.52. The average molecular weight is 469 g/mol. The van der Waals surface area contributed by atoms with Gasteiger partial charge in [-0.25, -0.2) is 0 Å². The molecule has 3 aromatic rings. The van der Waals surface area contributed by atoms with Gasteiger partial charge in [-0.2, -0.15) is 0 Å². The van der Waals surface area contributed by atoms with Crippen molar-refractivity contribution in [3.05, 3.63) is 59.1 Å². The fraction of sp³-hybridized carbons (Fsp3) is 0.417. The van der Waals surface area contributed by atoms with Gasteiger partial charge >= 0.3 is 0 Å². The lowest BCUT2D eigenvalue weighted by molar-refractivity contribution is -0.140. The number of aryl methyl sites for hydroxylation is 1. The molecule has 2 N–H and O–H groups in total. The van der Waals surface area contributed by atoms with E-state index in [-0.39, 0.29) is 30.8 Å². The van der Waals surface area contributed by atoms with Crippen molar-refractivity contribution in [2.75, 3.05) is 6.54 Å². The molecule has 0 spiro atoms. The highest BCUT2D eigenvalue weighted by Gasteiger charge is 2.42. The first kappa shape index (κ1) is 23.1. The van der Waals surface area contributed by atoms with Gasteiger partial charge in [0.25, 0.3) is 0 Å². The molecule has 1 aliphatic rings. The first-order valence-corrected chi connectivity index (χ1v) is 12.0. The van der Waals surface area contributed by atoms with E-state index >= 15 is 0 Å². The largest absolute Gasteiger partial charge is 0.391 e. The van der Waals surface area contributed by atoms with Gasteiger partial charge in [0.15, 0.2) is 0 Å². The van der Waals surface area contributed by atoms with Crippen LogP contribution in [0.2, 0.25) is 0 Å². The normalized spacial score (nSPS) is 19.9. The van der Waals surface area contributed by atoms with Gasteiger partial charge in [-0.05, 0) is 31.4 Å². The Kier molecular flexibility index (Phi) is 6.90. The summed E-state index contributed by atoms with van der Waals surface area (Å²) in [4.78, 5) is 33.1. The van der Waals surface area contributed by atoms with Gasteiger partial charge < -0.3 is 19.8 Å². The number of aliphatic hydroxyl groups is 1. The second kappa shape index (κ2) is 9.84. The zero-order chi connectivity index (χ0) is 23.5. The van der Waals surface area contributed by atoms with Crippen molar-refractivity contribution >= 4 is 23.2 Å². The van der Waals surface area contributed by atoms with Crippen LogP contribution in [-0.4, -0.2) is 50.7 Å². The lowest BCUT2D eigenvalue weighted by atomic mass is 10.0. The topological polar surface area (TPSA) is 109 Å². The summed E-state index contributed by atoms with van der Waals surface area (Å²) >= 11 is 1.57. The van der Waals surface area contributed by atoms with Crippen molar-refractivity contribution in [1.82, 2.24) is 20.4 Å². The van der Waals surface area contributed by atoms with Crippen molar-refractivity contribution in [3.63, 3.8) is 0 Å². The first-order valence-electron chi connectivity index (χ1n) is 11.1. The minimum atomic E-state index is -0.743. The number of aromatic nitrogens is 2. The number of likely N-dealkylation sites (tertiary alicyclic amines) is 1. The molecule has 2 aromatic heterocycles. The molecule has 1 saturated heterocycles. The molecular formula is C24H28N4O4S. The van der Waals surface area contributed by atoms with Crippen molar-refractivity contribution in [2.45, 2.75) is 57.7 Å². The Morgan fingerprint density at radius 3 is 2.70 bits per heavy atom. The molecule has 0 radical (unpaired) electrons. The Labute approximate surface area is 196 Å². The SMILES string of the molecule is CCC(C(=O)N1C[C@H](O)C[C@H]1C(=O)N[C@@H](C)c1ccc(-c2cncs2)cc1)c1cc(C)no1. The number of aliphatic hydroxyl groups excluding tert-OH is 1. The summed E-state index contributed by atoms with van der Waals surface area (Å²) in [6.07, 6.45) is 1.80. The van der Waals surface area contributed by atoms with Crippen LogP contribution in [0.1, 0.15) is 55.7 Å². The highest BCUT2D eigenvalue weighted by atomic mass is 32.1. The van der Waals surface area contributed by atoms with Crippen LogP contribution in [0.15, 0.2) is 46.6 Å². The van der Waals surface area contributed by atoms with Gasteiger partial charge in [0, 0.05) is 25.2 Å². The van der Waals surface area contributed by atoms with Gasteiger partial charge in [-0.3, -0.25) is 14.6 Å². The van der Waals surface area contributed by atoms with Gasteiger partial charge in [0.2, 0.25) is 11.8 Å². The molecule has 1 fully saturated rings. The molecule has 0 saturated carbocycles. The number of hydrogen-bond donors (Lipinski definition) is 2. The quantitative estimate of drug-likeness (QED) is 0.550. The van der Waals surface area contributed by atoms with Crippen LogP contribution in [0, 0.1) is 6.92 Å². The third-order valence-electron chi connectivity index (χ3n) is 6.05. The maximum Gasteiger partial charge on any atom is 0.243 e. The summed E-state index contributed by atoms with van der Waals surface area (Å²) in [7, 11) is 0. The minimum absolute atomic E-state index is 0.123. The van der Waals surface area contributed by atoms with Crippen LogP contribution in [0.25, 0.3) is 10.4 Å². The van der Waals surface area contributed by atoms with E-state index in [9.17, 15) is 14.7 Å². The van der Waals surface area contributed by atoms with Crippen molar-refractivity contribution in [1.29, 1.82) is 0 Å². The molecule has 3 heterocycles. The zero-order valence-corrected chi connectivity index (χ0v) is 19.7. The second-order valence-corrected chi connectivity index (χ2v) is 9.33. The molecule has 9 heteroatoms. The van der Waals surface area contributed by atoms with Crippen molar-refractivity contribution < 1.29 is 19.2 Å². The molecule has 33 heavy (non-hydrogen) atoms. The van der Waals surface area contributed by atoms with Gasteiger partial charge in [-0.15, -0.1) is 11.3 Å². The number of nitrogens with one attached hydrogen (secondary N) is 1. The third kappa shape index (κ3) is 4.99. The summed E-state index contributed by atoms with van der Waals surface area (Å²) in [5.74, 6) is -0.562. The van der Waals surface area contributed by atoms with Gasteiger partial charge in [0.05, 0.1) is 34.1 Å². The summed E-state index contributed by atoms with van der Waals surface area (Å²) in [6.45, 7) is 5.72. The smallest absolute Gasteiger partial charge is 0.243 e. The lowest BCUT2D eigenvalue weighted by Gasteiger charge is -2.28. The summed E-state index contributed by atoms with van der Waals surface area (Å²) < 4.78 is 5.32. The van der Waals surface area contributed by atoms with Crippen LogP contribution in [-0.2, 0) is 9.59 Å². The van der Waals surface area contributed by atoms with Crippen molar-refractivity contribution in [2.24, 2.45) is 0 Å². The van der Waals surface area contributed by atoms with E-state index in [2.05, 4.69) is 15.5 Å². The Balaban J connectivity index is 1.45. The predicted octanol–water partition coefficient (Wildman–Crippen LogP) is 3.44. The molecule has 8 nitrogen and oxygen atoms in total. The van der Waals surface area contributed by atoms with Crippen LogP contribution in [0.5, 0.6) is 0 Å². The highest BCUT2D eigenvalue weighted by molar-refractivity contribution is 7.13. The summed E-state index contributed by atoms with van der Waals surface area (Å²) in [5, 5.41) is 17.1. The predicted molar refractivity (Wildman–Crippen MR) is 125 cm³/mol. The standard InChI is InChI=1S/C24H28N4O4S/c1-4-19(21-9-14(2)27-32-21)24(31)28-12-18(29)10-20(28)23(30)26-15(3)16-5-7-17(8-6-16)22-11-25-13-33-22/h5-9,11,13,15,18-20,29H,4,10,12H2,1-3H3,(H,26,30)/t15-,18+,19?,20-/m0/s1. The minimum Gasteiger partial charge on any atom is -0.391 e. The van der Waals surface area contributed by atoms with Gasteiger partial charge in [0.1, 0.15) is 11.8 Å². The molecule has 1 unspecified atom stereocenters. The number of amides is 2. The third-order valence-corrected chi connectivity index (χ3v) is 6.87. The number of carbonyl (C=O) groups is 2. The Morgan fingerprint density at radius 2 is 2.09 bits per heavy atom. The van der Waals surface area contributed by atoms with Crippen LogP contribution in [0.3, 0.4) is 0 Å². The van der Waals surface area contributed by atoms with E-state index in [1.807, 2.05) is 44.3 Å². The summed E-state index contributed by atoms with van der Waals surface area (Å²) in [6, 6.07) is 8.73. The van der Waals surface area contributed by atoms with Crippen LogP contribution < -0.4 is 5.32 Å². The molecule has 0 aliphatic carbocycles. The van der Waals surface area contributed by atoms with Crippen LogP contribution in [0.4, 0.5) is 0 Å². The monoisotopic (exact) mass is 468 g/mol. The maximum atomic E-state index is 13.3. The molecule has 2 amide bonds. The van der Waals surface area contributed by atoms with E-state index in [0.717, 1.165) is 16.0 Å². The molecule has 0 bridgehead atoms. The van der Waals surface area contributed by atoms with E-state index in [1.165, 1.54) is 4.90 Å². The van der Waals surface area contributed by atoms with E-state index < -0.39 is 18.1 Å². The number of thiazole rings is 1. The number of benzene rings is 1. The second-order valence-electron chi connectivity index (χ2n) is 8.45. The first-order chi connectivity index (χ1) is 15.9. The number of rotatable bonds is 7. The van der Waals surface area contributed by atoms with E-state index in [0.29, 0.717) is 17.9 Å². The molecule has 1 aromatic carbocycles.